The average Bonchev–Trinajstić information content (AvgIpc) is 3.78. The van der Waals surface area contributed by atoms with Crippen molar-refractivity contribution in [1.82, 2.24) is 0 Å². The lowest BCUT2D eigenvalue weighted by Crippen LogP contribution is -2.07. The summed E-state index contributed by atoms with van der Waals surface area (Å²) in [4.78, 5) is 0. The zero-order valence-electron chi connectivity index (χ0n) is 30.8. The third kappa shape index (κ3) is 9.58. The van der Waals surface area contributed by atoms with Crippen LogP contribution in [0.15, 0.2) is 160 Å². The first-order valence-corrected chi connectivity index (χ1v) is 22.8. The Bertz CT molecular complexity index is 2420. The van der Waals surface area contributed by atoms with E-state index in [4.69, 9.17) is 41.4 Å². The van der Waals surface area contributed by atoms with E-state index in [1.54, 1.807) is 38.0 Å². The van der Waals surface area contributed by atoms with Crippen molar-refractivity contribution in [1.29, 1.82) is 0 Å². The number of phenols is 6. The van der Waals surface area contributed by atoms with Crippen LogP contribution in [0.5, 0.6) is 69.0 Å². The molecule has 3 atom stereocenters. The zero-order valence-corrected chi connectivity index (χ0v) is 33.5. The fourth-order valence-electron chi connectivity index (χ4n) is 5.48. The summed E-state index contributed by atoms with van der Waals surface area (Å²) in [7, 11) is -9.47. The van der Waals surface area contributed by atoms with Gasteiger partial charge < -0.3 is 58.0 Å². The van der Waals surface area contributed by atoms with Crippen molar-refractivity contribution < 1.29 is 58.0 Å². The van der Waals surface area contributed by atoms with Crippen molar-refractivity contribution in [3.63, 3.8) is 0 Å². The topological polar surface area (TPSA) is 214 Å². The van der Waals surface area contributed by atoms with Crippen LogP contribution >= 0.6 is 22.4 Å². The van der Waals surface area contributed by atoms with E-state index in [9.17, 15) is 30.6 Å². The molecule has 1 saturated heterocycles. The van der Waals surface area contributed by atoms with Crippen molar-refractivity contribution in [2.45, 2.75) is 11.6 Å². The molecule has 6 aromatic carbocycles. The smallest absolute Gasteiger partial charge is 0.449 e. The molecule has 1 aliphatic rings. The van der Waals surface area contributed by atoms with Gasteiger partial charge in [0.15, 0.2) is 11.6 Å². The Morgan fingerprint density at radius 2 is 0.759 bits per heavy atom. The minimum Gasteiger partial charge on any atom is -0.508 e. The maximum atomic E-state index is 10.2. The van der Waals surface area contributed by atoms with Crippen molar-refractivity contribution in [2.24, 2.45) is 14.0 Å². The molecule has 0 spiro atoms. The van der Waals surface area contributed by atoms with Crippen LogP contribution in [0.2, 0.25) is 0 Å². The Kier molecular flexibility index (Phi) is 11.4. The number of hydrogen-bond acceptors (Lipinski definition) is 14. The lowest BCUT2D eigenvalue weighted by Gasteiger charge is -2.27. The van der Waals surface area contributed by atoms with Crippen LogP contribution in [0.25, 0.3) is 0 Å². The van der Waals surface area contributed by atoms with Crippen molar-refractivity contribution in [3.05, 3.63) is 146 Å². The van der Waals surface area contributed by atoms with E-state index in [2.05, 4.69) is 0 Å². The molecule has 1 aliphatic heterocycles. The third-order valence-electron chi connectivity index (χ3n) is 8.29. The minimum absolute atomic E-state index is 0.00222. The van der Waals surface area contributed by atoms with Gasteiger partial charge in [-0.25, -0.2) is 0 Å². The highest BCUT2D eigenvalue weighted by atomic mass is 31.2. The molecule has 0 saturated carbocycles. The van der Waals surface area contributed by atoms with Crippen LogP contribution in [0.1, 0.15) is 0 Å². The highest BCUT2D eigenvalue weighted by Crippen LogP contribution is 2.80. The predicted molar refractivity (Wildman–Crippen MR) is 220 cm³/mol. The second kappa shape index (κ2) is 16.6. The highest BCUT2D eigenvalue weighted by molar-refractivity contribution is 7.72. The number of rotatable bonds is 14. The van der Waals surface area contributed by atoms with E-state index in [0.717, 1.165) is 0 Å². The average molecular weight is 846 g/mol. The first-order chi connectivity index (χ1) is 27.8. The maximum absolute atomic E-state index is 10.2. The molecule has 300 valence electrons. The van der Waals surface area contributed by atoms with Gasteiger partial charge in [-0.1, -0.05) is 0 Å². The molecular formula is C40H38N3O12P3. The standard InChI is InChI=1S/C40H38N3O12P3/c1-41-57(53-36-21-9-30(47)10-22-36)39(40(57)50-33-15-3-27(44)4-16-33)42-58(54-37-23-11-31(48)12-24-37,55-38-25-13-32(49)14-26-38)43-56(2,51-34-17-5-28(45)6-18-34)52-35-19-7-29(46)8-20-35/h3-26,39-40,44-49H,1-2H3. The van der Waals surface area contributed by atoms with Crippen LogP contribution in [0.3, 0.4) is 0 Å². The fraction of sp³-hybridized carbons (Fsp3) is 0.100. The van der Waals surface area contributed by atoms with E-state index in [1.807, 2.05) is 0 Å². The van der Waals surface area contributed by atoms with Gasteiger partial charge in [-0.15, -0.1) is 4.52 Å². The van der Waals surface area contributed by atoms with Crippen LogP contribution in [0, 0.1) is 0 Å². The van der Waals surface area contributed by atoms with Crippen LogP contribution in [-0.2, 0) is 0 Å². The molecule has 7 rings (SSSR count). The predicted octanol–water partition coefficient (Wildman–Crippen LogP) is 10.7. The van der Waals surface area contributed by atoms with Gasteiger partial charge in [0, 0.05) is 13.7 Å². The molecular weight excluding hydrogens is 807 g/mol. The molecule has 0 radical (unpaired) electrons. The molecule has 0 aromatic heterocycles. The molecule has 6 aromatic rings. The number of benzene rings is 6. The molecule has 18 heteroatoms. The largest absolute Gasteiger partial charge is 0.508 e. The second-order valence-electron chi connectivity index (χ2n) is 12.7. The van der Waals surface area contributed by atoms with Gasteiger partial charge in [-0.05, 0) is 146 Å². The molecule has 0 aliphatic carbocycles. The molecule has 1 heterocycles. The summed E-state index contributed by atoms with van der Waals surface area (Å²) in [6, 6.07) is 35.8. The normalized spacial score (nSPS) is 17.3. The van der Waals surface area contributed by atoms with Crippen LogP contribution in [0.4, 0.5) is 0 Å². The molecule has 58 heavy (non-hydrogen) atoms. The number of nitrogens with zero attached hydrogens (tertiary/aromatic N) is 3. The van der Waals surface area contributed by atoms with Crippen LogP contribution < -0.4 is 27.4 Å². The molecule has 0 amide bonds. The number of hydrogen-bond donors (Lipinski definition) is 6. The van der Waals surface area contributed by atoms with Gasteiger partial charge in [0.1, 0.15) is 69.0 Å². The summed E-state index contributed by atoms with van der Waals surface area (Å²) in [5.74, 6) is -0.123. The van der Waals surface area contributed by atoms with E-state index < -0.39 is 34.1 Å². The van der Waals surface area contributed by atoms with Crippen molar-refractivity contribution in [3.8, 4) is 69.0 Å². The number of ether oxygens (including phenoxy) is 1. The molecule has 15 nitrogen and oxygen atoms in total. The summed E-state index contributed by atoms with van der Waals surface area (Å²) >= 11 is 0. The minimum atomic E-state index is -4.22. The van der Waals surface area contributed by atoms with Gasteiger partial charge in [0.05, 0.1) is 0 Å². The fourth-order valence-corrected chi connectivity index (χ4v) is 13.9. The first kappa shape index (κ1) is 39.8. The highest BCUT2D eigenvalue weighted by Gasteiger charge is 2.67. The molecule has 6 N–H and O–H groups in total. The van der Waals surface area contributed by atoms with Crippen molar-refractivity contribution >= 4 is 22.4 Å². The van der Waals surface area contributed by atoms with E-state index >= 15 is 0 Å². The molecule has 3 unspecified atom stereocenters. The van der Waals surface area contributed by atoms with E-state index in [0.29, 0.717) is 11.5 Å². The molecule has 0 bridgehead atoms. The van der Waals surface area contributed by atoms with Gasteiger partial charge in [-0.3, -0.25) is 4.74 Å². The third-order valence-corrected chi connectivity index (χ3v) is 16.3. The van der Waals surface area contributed by atoms with Gasteiger partial charge >= 0.3 is 15.2 Å². The summed E-state index contributed by atoms with van der Waals surface area (Å²) in [6.45, 7) is 1.61. The number of phenolic OH excluding ortho intramolecular Hbond substituents is 6. The second-order valence-corrected chi connectivity index (χ2v) is 19.9. The summed E-state index contributed by atoms with van der Waals surface area (Å²) < 4.78 is 54.8. The Hall–Kier alpha value is -6.39. The lowest BCUT2D eigenvalue weighted by molar-refractivity contribution is 0.311. The Labute approximate surface area is 333 Å². The summed E-state index contributed by atoms with van der Waals surface area (Å²) in [5, 5.41) is 60.5. The van der Waals surface area contributed by atoms with Gasteiger partial charge in [-0.2, -0.15) is 4.74 Å². The Morgan fingerprint density at radius 1 is 0.448 bits per heavy atom. The first-order valence-electron chi connectivity index (χ1n) is 17.4. The van der Waals surface area contributed by atoms with Gasteiger partial charge in [0.2, 0.25) is 7.28 Å². The quantitative estimate of drug-likeness (QED) is 0.0565. The summed E-state index contributed by atoms with van der Waals surface area (Å²) in [5.41, 5.74) is 0. The van der Waals surface area contributed by atoms with E-state index in [-0.39, 0.29) is 57.5 Å². The van der Waals surface area contributed by atoms with Crippen molar-refractivity contribution in [2.75, 3.05) is 13.7 Å². The van der Waals surface area contributed by atoms with Gasteiger partial charge in [0.25, 0.3) is 0 Å². The summed E-state index contributed by atoms with van der Waals surface area (Å²) in [6.07, 6.45) is 0. The monoisotopic (exact) mass is 845 g/mol. The number of aromatic hydroxyl groups is 6. The zero-order chi connectivity index (χ0) is 40.9. The SMILES string of the molecule is CN=P1(Oc2ccc(O)cc2)C(N=P(N=P(C)(Oc2ccc(O)cc2)Oc2ccc(O)cc2)(Oc2ccc(O)cc2)Oc2ccc(O)cc2)C1Oc1ccc(O)cc1. The lowest BCUT2D eigenvalue weighted by atomic mass is 10.3. The Balaban J connectivity index is 1.48. The molecule has 1 fully saturated rings. The van der Waals surface area contributed by atoms with E-state index in [1.165, 1.54) is 121 Å². The maximum Gasteiger partial charge on any atom is 0.449 e. The Morgan fingerprint density at radius 3 is 1.10 bits per heavy atom. The van der Waals surface area contributed by atoms with Crippen LogP contribution in [-0.4, -0.2) is 56.0 Å².